The van der Waals surface area contributed by atoms with Gasteiger partial charge in [-0.3, -0.25) is 9.67 Å². The highest BCUT2D eigenvalue weighted by molar-refractivity contribution is 14.0. The first-order valence-electron chi connectivity index (χ1n) is 8.45. The van der Waals surface area contributed by atoms with Crippen molar-refractivity contribution in [2.45, 2.75) is 25.9 Å². The molecule has 2 N–H and O–H groups in total. The molecule has 2 aromatic rings. The van der Waals surface area contributed by atoms with Crippen LogP contribution in [0.15, 0.2) is 41.7 Å². The van der Waals surface area contributed by atoms with Crippen LogP contribution in [0.2, 0.25) is 0 Å². The third-order valence-electron chi connectivity index (χ3n) is 3.74. The standard InChI is InChI=1S/C18H26FN5O.HI/c1-4-16(25-17-7-5-6-15(19)10-17)12-22-18(20-2)21-9-8-14-11-23-24(3)13-14;/h5-7,10-11,13,16H,4,8-9,12H2,1-3H3,(H2,20,21,22);1H. The van der Waals surface area contributed by atoms with Gasteiger partial charge in [-0.2, -0.15) is 5.10 Å². The molecule has 1 unspecified atom stereocenters. The van der Waals surface area contributed by atoms with Crippen molar-refractivity contribution in [2.24, 2.45) is 12.0 Å². The lowest BCUT2D eigenvalue weighted by atomic mass is 10.2. The first kappa shape index (κ1) is 22.2. The number of nitrogens with zero attached hydrogens (tertiary/aromatic N) is 3. The van der Waals surface area contributed by atoms with Crippen LogP contribution in [0.4, 0.5) is 4.39 Å². The van der Waals surface area contributed by atoms with E-state index in [1.54, 1.807) is 23.9 Å². The summed E-state index contributed by atoms with van der Waals surface area (Å²) in [6.45, 7) is 3.37. The Bertz CT molecular complexity index is 692. The molecule has 8 heteroatoms. The van der Waals surface area contributed by atoms with E-state index in [-0.39, 0.29) is 35.9 Å². The lowest BCUT2D eigenvalue weighted by molar-refractivity contribution is 0.199. The quantitative estimate of drug-likeness (QED) is 0.350. The predicted molar refractivity (Wildman–Crippen MR) is 113 cm³/mol. The van der Waals surface area contributed by atoms with Gasteiger partial charge in [-0.1, -0.05) is 13.0 Å². The summed E-state index contributed by atoms with van der Waals surface area (Å²) in [5.41, 5.74) is 1.17. The number of halogens is 2. The summed E-state index contributed by atoms with van der Waals surface area (Å²) in [7, 11) is 3.63. The first-order chi connectivity index (χ1) is 12.1. The molecule has 1 aromatic carbocycles. The molecule has 144 valence electrons. The van der Waals surface area contributed by atoms with Crippen molar-refractivity contribution in [1.29, 1.82) is 0 Å². The minimum Gasteiger partial charge on any atom is -0.489 e. The maximum absolute atomic E-state index is 13.2. The summed E-state index contributed by atoms with van der Waals surface area (Å²) in [6.07, 6.45) is 5.45. The molecule has 0 saturated carbocycles. The molecule has 1 aromatic heterocycles. The first-order valence-corrected chi connectivity index (χ1v) is 8.45. The summed E-state index contributed by atoms with van der Waals surface area (Å²) < 4.78 is 20.8. The van der Waals surface area contributed by atoms with E-state index in [1.165, 1.54) is 17.7 Å². The summed E-state index contributed by atoms with van der Waals surface area (Å²) in [5.74, 6) is 0.951. The number of nitrogens with one attached hydrogen (secondary N) is 2. The fraction of sp³-hybridized carbons (Fsp3) is 0.444. The van der Waals surface area contributed by atoms with Crippen LogP contribution in [-0.2, 0) is 13.5 Å². The zero-order chi connectivity index (χ0) is 18.1. The molecule has 0 amide bonds. The highest BCUT2D eigenvalue weighted by atomic mass is 127. The molecule has 1 heterocycles. The van der Waals surface area contributed by atoms with Gasteiger partial charge < -0.3 is 15.4 Å². The maximum atomic E-state index is 13.2. The predicted octanol–water partition coefficient (Wildman–Crippen LogP) is 2.74. The Kier molecular flexibility index (Phi) is 10.0. The molecule has 0 saturated heterocycles. The fourth-order valence-electron chi connectivity index (χ4n) is 2.36. The van der Waals surface area contributed by atoms with E-state index in [4.69, 9.17) is 4.74 Å². The van der Waals surface area contributed by atoms with Gasteiger partial charge in [0.1, 0.15) is 17.7 Å². The summed E-state index contributed by atoms with van der Waals surface area (Å²) >= 11 is 0. The molecule has 0 aliphatic heterocycles. The maximum Gasteiger partial charge on any atom is 0.191 e. The Morgan fingerprint density at radius 3 is 2.81 bits per heavy atom. The van der Waals surface area contributed by atoms with Crippen molar-refractivity contribution in [3.63, 3.8) is 0 Å². The molecule has 0 fully saturated rings. The number of aryl methyl sites for hydroxylation is 1. The zero-order valence-electron chi connectivity index (χ0n) is 15.4. The SMILES string of the molecule is CCC(CNC(=NC)NCCc1cnn(C)c1)Oc1cccc(F)c1.I. The summed E-state index contributed by atoms with van der Waals surface area (Å²) in [4.78, 5) is 4.21. The third-order valence-corrected chi connectivity index (χ3v) is 3.74. The van der Waals surface area contributed by atoms with Gasteiger partial charge in [0.25, 0.3) is 0 Å². The van der Waals surface area contributed by atoms with E-state index in [9.17, 15) is 4.39 Å². The number of guanidine groups is 1. The number of benzene rings is 1. The van der Waals surface area contributed by atoms with Gasteiger partial charge >= 0.3 is 0 Å². The molecular formula is C18H27FIN5O. The average Bonchev–Trinajstić information content (AvgIpc) is 3.02. The number of hydrogen-bond donors (Lipinski definition) is 2. The van der Waals surface area contributed by atoms with Crippen LogP contribution in [0.1, 0.15) is 18.9 Å². The lowest BCUT2D eigenvalue weighted by Crippen LogP contribution is -2.43. The van der Waals surface area contributed by atoms with E-state index < -0.39 is 0 Å². The van der Waals surface area contributed by atoms with Gasteiger partial charge in [0.15, 0.2) is 5.96 Å². The van der Waals surface area contributed by atoms with Crippen molar-refractivity contribution in [3.05, 3.63) is 48.0 Å². The van der Waals surface area contributed by atoms with Gasteiger partial charge in [0.05, 0.1) is 12.7 Å². The molecule has 6 nitrogen and oxygen atoms in total. The molecule has 0 spiro atoms. The second-order valence-electron chi connectivity index (χ2n) is 5.76. The Labute approximate surface area is 171 Å². The van der Waals surface area contributed by atoms with E-state index in [0.29, 0.717) is 18.3 Å². The zero-order valence-corrected chi connectivity index (χ0v) is 17.7. The molecule has 0 bridgehead atoms. The number of aliphatic imine (C=N–C) groups is 1. The highest BCUT2D eigenvalue weighted by Gasteiger charge is 2.10. The molecule has 1 atom stereocenters. The Morgan fingerprint density at radius 1 is 1.38 bits per heavy atom. The van der Waals surface area contributed by atoms with E-state index in [1.807, 2.05) is 26.4 Å². The van der Waals surface area contributed by atoms with Gasteiger partial charge in [-0.15, -0.1) is 24.0 Å². The molecule has 0 aliphatic carbocycles. The second-order valence-corrected chi connectivity index (χ2v) is 5.76. The van der Waals surface area contributed by atoms with Crippen molar-refractivity contribution < 1.29 is 9.13 Å². The van der Waals surface area contributed by atoms with Crippen LogP contribution in [0.3, 0.4) is 0 Å². The van der Waals surface area contributed by atoms with E-state index in [0.717, 1.165) is 19.4 Å². The van der Waals surface area contributed by atoms with Gasteiger partial charge in [0.2, 0.25) is 0 Å². The topological polar surface area (TPSA) is 63.5 Å². The number of hydrogen-bond acceptors (Lipinski definition) is 3. The van der Waals surface area contributed by atoms with Crippen molar-refractivity contribution in [2.75, 3.05) is 20.1 Å². The van der Waals surface area contributed by atoms with Crippen LogP contribution in [0.25, 0.3) is 0 Å². The van der Waals surface area contributed by atoms with Crippen LogP contribution in [0, 0.1) is 5.82 Å². The average molecular weight is 475 g/mol. The molecule has 26 heavy (non-hydrogen) atoms. The third kappa shape index (κ3) is 7.59. The Balaban J connectivity index is 0.00000338. The second kappa shape index (κ2) is 11.7. The molecular weight excluding hydrogens is 448 g/mol. The van der Waals surface area contributed by atoms with Crippen LogP contribution in [-0.4, -0.2) is 42.0 Å². The molecule has 0 aliphatic rings. The number of ether oxygens (including phenoxy) is 1. The van der Waals surface area contributed by atoms with Crippen LogP contribution < -0.4 is 15.4 Å². The van der Waals surface area contributed by atoms with Crippen molar-refractivity contribution in [3.8, 4) is 5.75 Å². The van der Waals surface area contributed by atoms with Gasteiger partial charge in [0, 0.05) is 32.9 Å². The van der Waals surface area contributed by atoms with E-state index >= 15 is 0 Å². The van der Waals surface area contributed by atoms with Gasteiger partial charge in [-0.25, -0.2) is 4.39 Å². The summed E-state index contributed by atoms with van der Waals surface area (Å²) in [6, 6.07) is 6.19. The number of aromatic nitrogens is 2. The Morgan fingerprint density at radius 2 is 2.19 bits per heavy atom. The summed E-state index contributed by atoms with van der Waals surface area (Å²) in [5, 5.41) is 10.7. The Hall–Kier alpha value is -1.84. The van der Waals surface area contributed by atoms with Crippen molar-refractivity contribution in [1.82, 2.24) is 20.4 Å². The van der Waals surface area contributed by atoms with Crippen LogP contribution in [0.5, 0.6) is 5.75 Å². The minimum atomic E-state index is -0.298. The van der Waals surface area contributed by atoms with Crippen molar-refractivity contribution >= 4 is 29.9 Å². The van der Waals surface area contributed by atoms with E-state index in [2.05, 4.69) is 20.7 Å². The molecule has 2 rings (SSSR count). The highest BCUT2D eigenvalue weighted by Crippen LogP contribution is 2.14. The number of rotatable bonds is 8. The van der Waals surface area contributed by atoms with Crippen LogP contribution >= 0.6 is 24.0 Å². The smallest absolute Gasteiger partial charge is 0.191 e. The molecule has 0 radical (unpaired) electrons. The lowest BCUT2D eigenvalue weighted by Gasteiger charge is -2.20. The monoisotopic (exact) mass is 475 g/mol. The normalized spacial score (nSPS) is 12.2. The largest absolute Gasteiger partial charge is 0.489 e. The minimum absolute atomic E-state index is 0. The fourth-order valence-corrected chi connectivity index (χ4v) is 2.36. The van der Waals surface area contributed by atoms with Gasteiger partial charge in [-0.05, 0) is 30.5 Å².